The second-order valence-electron chi connectivity index (χ2n) is 5.90. The summed E-state index contributed by atoms with van der Waals surface area (Å²) in [4.78, 5) is 0.336. The van der Waals surface area contributed by atoms with Crippen molar-refractivity contribution in [3.05, 3.63) is 18.0 Å². The minimum absolute atomic E-state index is 0.0732. The number of nitrogens with zero attached hydrogens (tertiary/aromatic N) is 1. The van der Waals surface area contributed by atoms with Crippen LogP contribution in [0, 0.1) is 5.92 Å². The van der Waals surface area contributed by atoms with Gasteiger partial charge in [0.25, 0.3) is 0 Å². The van der Waals surface area contributed by atoms with Gasteiger partial charge in [0.15, 0.2) is 0 Å². The molecular formula is C15H27N3O2S. The molecule has 0 unspecified atom stereocenters. The fourth-order valence-corrected chi connectivity index (χ4v) is 4.48. The highest BCUT2D eigenvalue weighted by Crippen LogP contribution is 2.27. The topological polar surface area (TPSA) is 77.1 Å². The largest absolute Gasteiger partial charge is 0.349 e. The van der Waals surface area contributed by atoms with Crippen LogP contribution in [0.3, 0.4) is 0 Å². The molecule has 5 nitrogen and oxygen atoms in total. The number of nitrogens with one attached hydrogen (secondary N) is 1. The van der Waals surface area contributed by atoms with E-state index in [1.165, 1.54) is 6.42 Å². The SMILES string of the molecule is CCC1CCC(NS(=O)(=O)c2cc(CN)n(CC)c2)CC1. The highest BCUT2D eigenvalue weighted by molar-refractivity contribution is 7.89. The first-order chi connectivity index (χ1) is 10.00. The van der Waals surface area contributed by atoms with Gasteiger partial charge in [-0.05, 0) is 44.6 Å². The summed E-state index contributed by atoms with van der Waals surface area (Å²) in [5.41, 5.74) is 6.52. The summed E-state index contributed by atoms with van der Waals surface area (Å²) in [5.74, 6) is 0.760. The quantitative estimate of drug-likeness (QED) is 0.845. The predicted octanol–water partition coefficient (Wildman–Crippen LogP) is 2.21. The van der Waals surface area contributed by atoms with Gasteiger partial charge >= 0.3 is 0 Å². The van der Waals surface area contributed by atoms with E-state index < -0.39 is 10.0 Å². The minimum atomic E-state index is -3.43. The van der Waals surface area contributed by atoms with Crippen molar-refractivity contribution in [1.29, 1.82) is 0 Å². The van der Waals surface area contributed by atoms with Crippen molar-refractivity contribution >= 4 is 10.0 Å². The van der Waals surface area contributed by atoms with Crippen molar-refractivity contribution in [3.8, 4) is 0 Å². The zero-order valence-corrected chi connectivity index (χ0v) is 13.8. The first-order valence-electron chi connectivity index (χ1n) is 7.91. The minimum Gasteiger partial charge on any atom is -0.349 e. The van der Waals surface area contributed by atoms with Crippen molar-refractivity contribution in [1.82, 2.24) is 9.29 Å². The van der Waals surface area contributed by atoms with E-state index in [1.807, 2.05) is 11.5 Å². The lowest BCUT2D eigenvalue weighted by Crippen LogP contribution is -2.37. The Bertz CT molecular complexity index is 536. The van der Waals surface area contributed by atoms with Gasteiger partial charge in [0.2, 0.25) is 10.0 Å². The molecule has 0 aliphatic heterocycles. The third kappa shape index (κ3) is 3.87. The molecule has 6 heteroatoms. The van der Waals surface area contributed by atoms with E-state index in [0.717, 1.165) is 43.8 Å². The fourth-order valence-electron chi connectivity index (χ4n) is 3.11. The van der Waals surface area contributed by atoms with Crippen LogP contribution in [0.4, 0.5) is 0 Å². The van der Waals surface area contributed by atoms with Crippen LogP contribution in [0.25, 0.3) is 0 Å². The molecule has 120 valence electrons. The number of sulfonamides is 1. The van der Waals surface area contributed by atoms with E-state index >= 15 is 0 Å². The van der Waals surface area contributed by atoms with E-state index in [1.54, 1.807) is 12.3 Å². The zero-order valence-electron chi connectivity index (χ0n) is 13.0. The Balaban J connectivity index is 2.07. The molecule has 0 bridgehead atoms. The summed E-state index contributed by atoms with van der Waals surface area (Å²) in [6, 6.07) is 1.76. The smallest absolute Gasteiger partial charge is 0.242 e. The van der Waals surface area contributed by atoms with Gasteiger partial charge in [-0.1, -0.05) is 13.3 Å². The molecule has 21 heavy (non-hydrogen) atoms. The molecule has 1 saturated carbocycles. The Morgan fingerprint density at radius 1 is 1.29 bits per heavy atom. The molecule has 1 aliphatic rings. The van der Waals surface area contributed by atoms with Crippen LogP contribution in [0.2, 0.25) is 0 Å². The Labute approximate surface area is 128 Å². The first kappa shape index (κ1) is 16.5. The predicted molar refractivity (Wildman–Crippen MR) is 84.4 cm³/mol. The maximum Gasteiger partial charge on any atom is 0.242 e. The molecule has 1 fully saturated rings. The van der Waals surface area contributed by atoms with Crippen molar-refractivity contribution in [2.24, 2.45) is 11.7 Å². The van der Waals surface area contributed by atoms with Gasteiger partial charge in [0, 0.05) is 31.0 Å². The molecule has 0 spiro atoms. The van der Waals surface area contributed by atoms with E-state index in [-0.39, 0.29) is 6.04 Å². The van der Waals surface area contributed by atoms with Crippen LogP contribution in [0.1, 0.15) is 51.6 Å². The van der Waals surface area contributed by atoms with Gasteiger partial charge in [-0.25, -0.2) is 13.1 Å². The standard InChI is InChI=1S/C15H27N3O2S/c1-3-12-5-7-13(8-6-12)17-21(19,20)15-9-14(10-16)18(4-2)11-15/h9,11-13,17H,3-8,10,16H2,1-2H3. The third-order valence-corrected chi connectivity index (χ3v) is 6.05. The summed E-state index contributed by atoms with van der Waals surface area (Å²) >= 11 is 0. The third-order valence-electron chi connectivity index (χ3n) is 4.57. The maximum atomic E-state index is 12.5. The molecule has 0 aromatic carbocycles. The number of nitrogens with two attached hydrogens (primary N) is 1. The van der Waals surface area contributed by atoms with Crippen LogP contribution < -0.4 is 10.5 Å². The molecule has 1 aliphatic carbocycles. The molecule has 1 aromatic rings. The molecule has 1 heterocycles. The van der Waals surface area contributed by atoms with E-state index in [0.29, 0.717) is 11.4 Å². The molecule has 0 radical (unpaired) electrons. The van der Waals surface area contributed by atoms with Crippen LogP contribution in [-0.2, 0) is 23.1 Å². The normalized spacial score (nSPS) is 23.4. The highest BCUT2D eigenvalue weighted by Gasteiger charge is 2.26. The van der Waals surface area contributed by atoms with Crippen molar-refractivity contribution in [2.45, 2.75) is 70.0 Å². The lowest BCUT2D eigenvalue weighted by molar-refractivity contribution is 0.306. The van der Waals surface area contributed by atoms with Crippen molar-refractivity contribution in [2.75, 3.05) is 0 Å². The summed E-state index contributed by atoms with van der Waals surface area (Å²) < 4.78 is 29.7. The van der Waals surface area contributed by atoms with E-state index in [2.05, 4.69) is 11.6 Å². The fraction of sp³-hybridized carbons (Fsp3) is 0.733. The molecule has 0 saturated heterocycles. The summed E-state index contributed by atoms with van der Waals surface area (Å²) in [5, 5.41) is 0. The van der Waals surface area contributed by atoms with Gasteiger partial charge in [0.1, 0.15) is 0 Å². The molecule has 0 amide bonds. The average molecular weight is 313 g/mol. The number of aryl methyl sites for hydroxylation is 1. The number of aromatic nitrogens is 1. The summed E-state index contributed by atoms with van der Waals surface area (Å²) in [7, 11) is -3.43. The lowest BCUT2D eigenvalue weighted by Gasteiger charge is -2.28. The van der Waals surface area contributed by atoms with Gasteiger partial charge < -0.3 is 10.3 Å². The summed E-state index contributed by atoms with van der Waals surface area (Å²) in [6.07, 6.45) is 6.99. The van der Waals surface area contributed by atoms with Crippen molar-refractivity contribution < 1.29 is 8.42 Å². The Morgan fingerprint density at radius 3 is 2.43 bits per heavy atom. The number of rotatable bonds is 6. The Hall–Kier alpha value is -0.850. The number of hydrogen-bond acceptors (Lipinski definition) is 3. The van der Waals surface area contributed by atoms with E-state index in [4.69, 9.17) is 5.73 Å². The molecule has 3 N–H and O–H groups in total. The van der Waals surface area contributed by atoms with Crippen molar-refractivity contribution in [3.63, 3.8) is 0 Å². The maximum absolute atomic E-state index is 12.5. The molecule has 2 rings (SSSR count). The average Bonchev–Trinajstić information content (AvgIpc) is 2.92. The van der Waals surface area contributed by atoms with Crippen LogP contribution >= 0.6 is 0 Å². The highest BCUT2D eigenvalue weighted by atomic mass is 32.2. The van der Waals surface area contributed by atoms with Crippen LogP contribution in [-0.4, -0.2) is 19.0 Å². The number of hydrogen-bond donors (Lipinski definition) is 2. The van der Waals surface area contributed by atoms with Gasteiger partial charge in [-0.15, -0.1) is 0 Å². The summed E-state index contributed by atoms with van der Waals surface area (Å²) in [6.45, 7) is 5.26. The second kappa shape index (κ2) is 6.94. The molecule has 0 atom stereocenters. The monoisotopic (exact) mass is 313 g/mol. The van der Waals surface area contributed by atoms with Gasteiger partial charge in [-0.2, -0.15) is 0 Å². The van der Waals surface area contributed by atoms with Crippen LogP contribution in [0.5, 0.6) is 0 Å². The van der Waals surface area contributed by atoms with Gasteiger partial charge in [-0.3, -0.25) is 0 Å². The zero-order chi connectivity index (χ0) is 15.5. The molecule has 1 aromatic heterocycles. The Morgan fingerprint density at radius 2 is 1.95 bits per heavy atom. The second-order valence-corrected chi connectivity index (χ2v) is 7.62. The lowest BCUT2D eigenvalue weighted by atomic mass is 9.85. The van der Waals surface area contributed by atoms with Gasteiger partial charge in [0.05, 0.1) is 4.90 Å². The molecular weight excluding hydrogens is 286 g/mol. The first-order valence-corrected chi connectivity index (χ1v) is 9.39. The van der Waals surface area contributed by atoms with E-state index in [9.17, 15) is 8.42 Å². The Kier molecular flexibility index (Phi) is 5.46. The van der Waals surface area contributed by atoms with Crippen LogP contribution in [0.15, 0.2) is 17.2 Å².